The topological polar surface area (TPSA) is 113 Å². The number of H-pyrrole nitrogens is 1. The second kappa shape index (κ2) is 8.01. The lowest BCUT2D eigenvalue weighted by Crippen LogP contribution is -2.11. The molecule has 1 aromatic carbocycles. The van der Waals surface area contributed by atoms with Gasteiger partial charge in [0.15, 0.2) is 11.0 Å². The molecule has 0 radical (unpaired) electrons. The Kier molecular flexibility index (Phi) is 5.52. The minimum Gasteiger partial charge on any atom is -0.481 e. The Hall–Kier alpha value is -3.19. The predicted molar refractivity (Wildman–Crippen MR) is 97.4 cm³/mol. The molecular weight excluding hydrogens is 373 g/mol. The second-order valence-corrected chi connectivity index (χ2v) is 6.60. The summed E-state index contributed by atoms with van der Waals surface area (Å²) in [7, 11) is 1.17. The van der Waals surface area contributed by atoms with Gasteiger partial charge in [0.05, 0.1) is 30.7 Å². The lowest BCUT2D eigenvalue weighted by atomic mass is 10.2. The van der Waals surface area contributed by atoms with Gasteiger partial charge in [0.2, 0.25) is 17.7 Å². The van der Waals surface area contributed by atoms with E-state index in [1.165, 1.54) is 32.5 Å². The number of hydrogen-bond acceptors (Lipinski definition) is 6. The molecule has 0 saturated carbocycles. The van der Waals surface area contributed by atoms with Crippen LogP contribution in [0.3, 0.4) is 0 Å². The Labute approximate surface area is 156 Å². The fraction of sp³-hybridized carbons (Fsp3) is 0.235. The Bertz CT molecular complexity index is 1020. The molecule has 2 aromatic heterocycles. The van der Waals surface area contributed by atoms with Crippen molar-refractivity contribution in [3.63, 3.8) is 0 Å². The Morgan fingerprint density at radius 1 is 1.30 bits per heavy atom. The largest absolute Gasteiger partial charge is 0.481 e. The molecule has 0 aliphatic carbocycles. The van der Waals surface area contributed by atoms with E-state index in [0.29, 0.717) is 27.8 Å². The van der Waals surface area contributed by atoms with Gasteiger partial charge in [-0.05, 0) is 24.6 Å². The lowest BCUT2D eigenvalue weighted by molar-refractivity contribution is 0.364. The van der Waals surface area contributed by atoms with E-state index in [-0.39, 0.29) is 29.9 Å². The number of nitrogens with zero attached hydrogens (tertiary/aromatic N) is 3. The van der Waals surface area contributed by atoms with Gasteiger partial charge in [-0.15, -0.1) is 0 Å². The molecule has 1 unspecified atom stereocenters. The van der Waals surface area contributed by atoms with E-state index in [2.05, 4.69) is 19.7 Å². The highest BCUT2D eigenvalue weighted by Gasteiger charge is 2.18. The van der Waals surface area contributed by atoms with Gasteiger partial charge in [-0.3, -0.25) is 4.72 Å². The van der Waals surface area contributed by atoms with Gasteiger partial charge in [0.1, 0.15) is 5.82 Å². The summed E-state index contributed by atoms with van der Waals surface area (Å²) in [5.41, 5.74) is 1.09. The average molecular weight is 389 g/mol. The SMILES string of the molecule is COc1nc(NS(=O)c2c[nH]c3cc(F)ccc23)nc(OC)c1CCC#N. The molecular formula is C17H16FN5O3S. The van der Waals surface area contributed by atoms with Crippen molar-refractivity contribution in [2.24, 2.45) is 0 Å². The Morgan fingerprint density at radius 3 is 2.63 bits per heavy atom. The van der Waals surface area contributed by atoms with Crippen LogP contribution in [0, 0.1) is 17.1 Å². The molecule has 3 aromatic rings. The van der Waals surface area contributed by atoms with Crippen molar-refractivity contribution >= 4 is 27.8 Å². The molecule has 0 fully saturated rings. The van der Waals surface area contributed by atoms with Crippen LogP contribution in [0.1, 0.15) is 12.0 Å². The zero-order chi connectivity index (χ0) is 19.4. The zero-order valence-corrected chi connectivity index (χ0v) is 15.4. The van der Waals surface area contributed by atoms with Crippen LogP contribution >= 0.6 is 0 Å². The van der Waals surface area contributed by atoms with Gasteiger partial charge in [-0.2, -0.15) is 15.2 Å². The fourth-order valence-corrected chi connectivity index (χ4v) is 3.50. The van der Waals surface area contributed by atoms with E-state index in [0.717, 1.165) is 0 Å². The molecule has 1 atom stereocenters. The summed E-state index contributed by atoms with van der Waals surface area (Å²) in [6.07, 6.45) is 2.14. The quantitative estimate of drug-likeness (QED) is 0.642. The number of aromatic nitrogens is 3. The lowest BCUT2D eigenvalue weighted by Gasteiger charge is -2.12. The molecule has 2 heterocycles. The number of nitrogens with one attached hydrogen (secondary N) is 2. The van der Waals surface area contributed by atoms with Gasteiger partial charge in [0.25, 0.3) is 0 Å². The summed E-state index contributed by atoms with van der Waals surface area (Å²) in [6, 6.07) is 6.21. The second-order valence-electron chi connectivity index (χ2n) is 5.42. The number of methoxy groups -OCH3 is 2. The van der Waals surface area contributed by atoms with Gasteiger partial charge >= 0.3 is 0 Å². The average Bonchev–Trinajstić information content (AvgIpc) is 3.09. The molecule has 27 heavy (non-hydrogen) atoms. The minimum absolute atomic E-state index is 0.0409. The van der Waals surface area contributed by atoms with Crippen LogP contribution in [-0.2, 0) is 17.4 Å². The van der Waals surface area contributed by atoms with E-state index in [4.69, 9.17) is 14.7 Å². The summed E-state index contributed by atoms with van der Waals surface area (Å²) in [6.45, 7) is 0. The highest BCUT2D eigenvalue weighted by molar-refractivity contribution is 7.86. The highest BCUT2D eigenvalue weighted by atomic mass is 32.2. The molecule has 0 spiro atoms. The fourth-order valence-electron chi connectivity index (χ4n) is 2.58. The molecule has 8 nitrogen and oxygen atoms in total. The third-order valence-electron chi connectivity index (χ3n) is 3.79. The first kappa shape index (κ1) is 18.6. The molecule has 0 amide bonds. The van der Waals surface area contributed by atoms with E-state index in [1.54, 1.807) is 6.07 Å². The molecule has 2 N–H and O–H groups in total. The van der Waals surface area contributed by atoms with Crippen LogP contribution in [0.15, 0.2) is 29.3 Å². The van der Waals surface area contributed by atoms with Crippen LogP contribution in [0.25, 0.3) is 10.9 Å². The van der Waals surface area contributed by atoms with Gasteiger partial charge in [-0.25, -0.2) is 8.60 Å². The normalized spacial score (nSPS) is 11.8. The highest BCUT2D eigenvalue weighted by Crippen LogP contribution is 2.29. The number of ether oxygens (including phenoxy) is 2. The maximum absolute atomic E-state index is 13.3. The molecule has 140 valence electrons. The number of nitriles is 1. The number of halogens is 1. The maximum Gasteiger partial charge on any atom is 0.241 e. The van der Waals surface area contributed by atoms with Crippen LogP contribution < -0.4 is 14.2 Å². The molecule has 0 bridgehead atoms. The Morgan fingerprint density at radius 2 is 2.00 bits per heavy atom. The summed E-state index contributed by atoms with van der Waals surface area (Å²) in [4.78, 5) is 11.7. The van der Waals surface area contributed by atoms with Crippen molar-refractivity contribution in [1.29, 1.82) is 5.26 Å². The van der Waals surface area contributed by atoms with E-state index < -0.39 is 11.0 Å². The van der Waals surface area contributed by atoms with Gasteiger partial charge < -0.3 is 14.5 Å². The van der Waals surface area contributed by atoms with Crippen molar-refractivity contribution in [2.45, 2.75) is 17.7 Å². The first-order chi connectivity index (χ1) is 13.1. The molecule has 0 aliphatic rings. The summed E-state index contributed by atoms with van der Waals surface area (Å²) >= 11 is 0. The minimum atomic E-state index is -1.71. The first-order valence-electron chi connectivity index (χ1n) is 7.88. The Balaban J connectivity index is 1.92. The number of anilines is 1. The summed E-state index contributed by atoms with van der Waals surface area (Å²) < 4.78 is 39.2. The van der Waals surface area contributed by atoms with E-state index >= 15 is 0 Å². The van der Waals surface area contributed by atoms with Crippen LogP contribution in [0.5, 0.6) is 11.8 Å². The van der Waals surface area contributed by atoms with Gasteiger partial charge in [0, 0.05) is 23.5 Å². The van der Waals surface area contributed by atoms with Crippen LogP contribution in [-0.4, -0.2) is 33.4 Å². The van der Waals surface area contributed by atoms with E-state index in [1.807, 2.05) is 6.07 Å². The van der Waals surface area contributed by atoms with Gasteiger partial charge in [-0.1, -0.05) is 0 Å². The first-order valence-corrected chi connectivity index (χ1v) is 9.03. The summed E-state index contributed by atoms with van der Waals surface area (Å²) in [5, 5.41) is 9.40. The van der Waals surface area contributed by atoms with Crippen LogP contribution in [0.2, 0.25) is 0 Å². The number of fused-ring (bicyclic) bond motifs is 1. The van der Waals surface area contributed by atoms with Crippen LogP contribution in [0.4, 0.5) is 10.3 Å². The molecule has 10 heteroatoms. The molecule has 0 saturated heterocycles. The third kappa shape index (κ3) is 3.83. The van der Waals surface area contributed by atoms with Crippen molar-refractivity contribution in [3.05, 3.63) is 35.8 Å². The van der Waals surface area contributed by atoms with Crippen molar-refractivity contribution in [1.82, 2.24) is 15.0 Å². The molecule has 0 aliphatic heterocycles. The number of rotatable bonds is 7. The standard InChI is InChI=1S/C17H16FN5O3S/c1-25-15-12(4-3-7-19)16(26-2)22-17(21-15)23-27(24)14-9-20-13-8-10(18)5-6-11(13)14/h5-6,8-9,20H,3-4H2,1-2H3,(H,21,22,23). The molecule has 3 rings (SSSR count). The number of benzene rings is 1. The third-order valence-corrected chi connectivity index (χ3v) is 4.90. The number of aromatic amines is 1. The van der Waals surface area contributed by atoms with Crippen molar-refractivity contribution < 1.29 is 18.1 Å². The predicted octanol–water partition coefficient (Wildman–Crippen LogP) is 2.71. The van der Waals surface area contributed by atoms with Crippen molar-refractivity contribution in [3.8, 4) is 17.8 Å². The number of hydrogen-bond donors (Lipinski definition) is 2. The summed E-state index contributed by atoms with van der Waals surface area (Å²) in [5.74, 6) is 0.120. The van der Waals surface area contributed by atoms with Crippen molar-refractivity contribution in [2.75, 3.05) is 18.9 Å². The van der Waals surface area contributed by atoms with E-state index in [9.17, 15) is 8.60 Å². The monoisotopic (exact) mass is 389 g/mol. The maximum atomic E-state index is 13.3. The smallest absolute Gasteiger partial charge is 0.241 e. The zero-order valence-electron chi connectivity index (χ0n) is 14.6.